The molecule has 2 heterocycles. The van der Waals surface area contributed by atoms with Crippen LogP contribution in [0.4, 0.5) is 14.5 Å². The molecule has 7 heteroatoms. The highest BCUT2D eigenvalue weighted by Gasteiger charge is 2.07. The number of halogens is 2. The average Bonchev–Trinajstić information content (AvgIpc) is 2.91. The summed E-state index contributed by atoms with van der Waals surface area (Å²) in [5, 5.41) is 3.12. The fourth-order valence-corrected chi connectivity index (χ4v) is 1.98. The number of nitrogens with one attached hydrogen (secondary N) is 1. The van der Waals surface area contributed by atoms with Crippen LogP contribution >= 0.6 is 11.8 Å². The molecule has 0 aliphatic heterocycles. The maximum Gasteiger partial charge on any atom is 0.284 e. The first kappa shape index (κ1) is 14.6. The van der Waals surface area contributed by atoms with Gasteiger partial charge in [-0.1, -0.05) is 11.8 Å². The van der Waals surface area contributed by atoms with Gasteiger partial charge in [0.25, 0.3) is 5.76 Å². The third kappa shape index (κ3) is 4.41. The van der Waals surface area contributed by atoms with Gasteiger partial charge in [-0.3, -0.25) is 0 Å². The zero-order chi connectivity index (χ0) is 14.4. The molecule has 108 valence electrons. The molecule has 0 aliphatic rings. The number of alkyl halides is 2. The number of anilines is 1. The zero-order valence-electron chi connectivity index (χ0n) is 10.8. The van der Waals surface area contributed by atoms with Crippen molar-refractivity contribution in [2.24, 2.45) is 0 Å². The Morgan fingerprint density at radius 2 is 2.10 bits per heavy atom. The Kier molecular flexibility index (Phi) is 5.23. The highest BCUT2D eigenvalue weighted by atomic mass is 32.2. The predicted octanol–water partition coefficient (Wildman–Crippen LogP) is 3.75. The van der Waals surface area contributed by atoms with Crippen molar-refractivity contribution < 1.29 is 17.9 Å². The lowest BCUT2D eigenvalue weighted by molar-refractivity contribution is 0.251. The molecule has 0 radical (unpaired) electrons. The van der Waals surface area contributed by atoms with E-state index in [0.717, 1.165) is 5.69 Å². The second-order valence-corrected chi connectivity index (χ2v) is 4.86. The number of aromatic nitrogens is 1. The molecule has 4 nitrogen and oxygen atoms in total. The van der Waals surface area contributed by atoms with Crippen molar-refractivity contribution in [2.45, 2.75) is 18.1 Å². The fourth-order valence-electron chi connectivity index (χ4n) is 1.53. The summed E-state index contributed by atoms with van der Waals surface area (Å²) in [6, 6.07) is 7.06. The third-order valence-electron chi connectivity index (χ3n) is 2.48. The molecule has 1 N–H and O–H groups in total. The minimum Gasteiger partial charge on any atom is -0.481 e. The van der Waals surface area contributed by atoms with E-state index in [9.17, 15) is 8.78 Å². The lowest BCUT2D eigenvalue weighted by Crippen LogP contribution is -1.98. The van der Waals surface area contributed by atoms with Crippen molar-refractivity contribution in [1.82, 2.24) is 4.98 Å². The van der Waals surface area contributed by atoms with E-state index in [4.69, 9.17) is 9.15 Å². The van der Waals surface area contributed by atoms with Crippen molar-refractivity contribution >= 4 is 17.4 Å². The SMILES string of the molecule is COc1ccc(NCc2ccc(CSC(F)F)o2)cn1. The van der Waals surface area contributed by atoms with Gasteiger partial charge in [0, 0.05) is 6.07 Å². The number of thioether (sulfide) groups is 1. The maximum atomic E-state index is 12.1. The van der Waals surface area contributed by atoms with Crippen LogP contribution in [0.1, 0.15) is 11.5 Å². The fraction of sp³-hybridized carbons (Fsp3) is 0.308. The van der Waals surface area contributed by atoms with Crippen LogP contribution in [-0.4, -0.2) is 17.9 Å². The van der Waals surface area contributed by atoms with E-state index >= 15 is 0 Å². The van der Waals surface area contributed by atoms with Crippen molar-refractivity contribution in [2.75, 3.05) is 12.4 Å². The number of nitrogens with zero attached hydrogens (tertiary/aromatic N) is 1. The molecule has 0 aromatic carbocycles. The van der Waals surface area contributed by atoms with Gasteiger partial charge in [0.15, 0.2) is 0 Å². The Bertz CT molecular complexity index is 531. The molecule has 0 aliphatic carbocycles. The van der Waals surface area contributed by atoms with Crippen LogP contribution in [0.5, 0.6) is 5.88 Å². The van der Waals surface area contributed by atoms with Gasteiger partial charge in [-0.05, 0) is 18.2 Å². The normalized spacial score (nSPS) is 10.8. The number of methoxy groups -OCH3 is 1. The molecule has 0 bridgehead atoms. The Hall–Kier alpha value is -1.76. The number of ether oxygens (including phenoxy) is 1. The van der Waals surface area contributed by atoms with Crippen molar-refractivity contribution in [1.29, 1.82) is 0 Å². The average molecular weight is 300 g/mol. The number of hydrogen-bond donors (Lipinski definition) is 1. The predicted molar refractivity (Wildman–Crippen MR) is 74.1 cm³/mol. The van der Waals surface area contributed by atoms with Crippen LogP contribution < -0.4 is 10.1 Å². The molecule has 0 spiro atoms. The van der Waals surface area contributed by atoms with E-state index < -0.39 is 5.76 Å². The summed E-state index contributed by atoms with van der Waals surface area (Å²) in [7, 11) is 1.55. The first-order valence-corrected chi connectivity index (χ1v) is 6.93. The third-order valence-corrected chi connectivity index (χ3v) is 3.18. The van der Waals surface area contributed by atoms with Crippen molar-refractivity contribution in [3.8, 4) is 5.88 Å². The van der Waals surface area contributed by atoms with Crippen LogP contribution in [0.25, 0.3) is 0 Å². The molecule has 0 saturated heterocycles. The minimum atomic E-state index is -2.38. The Morgan fingerprint density at radius 3 is 2.75 bits per heavy atom. The smallest absolute Gasteiger partial charge is 0.284 e. The summed E-state index contributed by atoms with van der Waals surface area (Å²) in [6.07, 6.45) is 1.65. The minimum absolute atomic E-state index is 0.168. The number of hydrogen-bond acceptors (Lipinski definition) is 5. The van der Waals surface area contributed by atoms with E-state index in [0.29, 0.717) is 35.7 Å². The van der Waals surface area contributed by atoms with Crippen LogP contribution in [0.3, 0.4) is 0 Å². The maximum absolute atomic E-state index is 12.1. The molecule has 0 atom stereocenters. The summed E-state index contributed by atoms with van der Waals surface area (Å²) in [4.78, 5) is 4.06. The summed E-state index contributed by atoms with van der Waals surface area (Å²) in [6.45, 7) is 0.466. The van der Waals surface area contributed by atoms with Gasteiger partial charge in [-0.25, -0.2) is 4.98 Å². The topological polar surface area (TPSA) is 47.3 Å². The molecule has 0 unspecified atom stereocenters. The second kappa shape index (κ2) is 7.14. The Labute approximate surface area is 119 Å². The molecular formula is C13H14F2N2O2S. The monoisotopic (exact) mass is 300 g/mol. The quantitative estimate of drug-likeness (QED) is 0.844. The van der Waals surface area contributed by atoms with Crippen LogP contribution in [0, 0.1) is 0 Å². The van der Waals surface area contributed by atoms with E-state index in [1.807, 2.05) is 6.07 Å². The summed E-state index contributed by atoms with van der Waals surface area (Å²) in [5.74, 6) is -0.445. The largest absolute Gasteiger partial charge is 0.481 e. The van der Waals surface area contributed by atoms with Crippen LogP contribution in [0.2, 0.25) is 0 Å². The van der Waals surface area contributed by atoms with E-state index in [1.165, 1.54) is 0 Å². The van der Waals surface area contributed by atoms with E-state index in [1.54, 1.807) is 31.5 Å². The van der Waals surface area contributed by atoms with Crippen LogP contribution in [0.15, 0.2) is 34.9 Å². The Balaban J connectivity index is 1.84. The summed E-state index contributed by atoms with van der Waals surface area (Å²) >= 11 is 0.545. The molecule has 20 heavy (non-hydrogen) atoms. The van der Waals surface area contributed by atoms with Gasteiger partial charge in [-0.2, -0.15) is 8.78 Å². The van der Waals surface area contributed by atoms with E-state index in [-0.39, 0.29) is 5.75 Å². The molecule has 2 aromatic heterocycles. The number of furan rings is 1. The van der Waals surface area contributed by atoms with Crippen molar-refractivity contribution in [3.05, 3.63) is 42.0 Å². The standard InChI is InChI=1S/C13H14F2N2O2S/c1-18-12-5-2-9(6-17-12)16-7-10-3-4-11(19-10)8-20-13(14)15/h2-6,13,16H,7-8H2,1H3. The van der Waals surface area contributed by atoms with Crippen molar-refractivity contribution in [3.63, 3.8) is 0 Å². The lowest BCUT2D eigenvalue weighted by atomic mass is 10.4. The molecule has 0 saturated carbocycles. The first-order valence-electron chi connectivity index (χ1n) is 5.88. The number of pyridine rings is 1. The van der Waals surface area contributed by atoms with Crippen LogP contribution in [-0.2, 0) is 12.3 Å². The molecule has 2 rings (SSSR count). The highest BCUT2D eigenvalue weighted by Crippen LogP contribution is 2.21. The Morgan fingerprint density at radius 1 is 1.30 bits per heavy atom. The molecule has 2 aromatic rings. The van der Waals surface area contributed by atoms with Gasteiger partial charge < -0.3 is 14.5 Å². The molecule has 0 amide bonds. The van der Waals surface area contributed by atoms with Gasteiger partial charge in [0.05, 0.1) is 31.3 Å². The van der Waals surface area contributed by atoms with Gasteiger partial charge >= 0.3 is 0 Å². The summed E-state index contributed by atoms with van der Waals surface area (Å²) in [5.41, 5.74) is 0.825. The summed E-state index contributed by atoms with van der Waals surface area (Å²) < 4.78 is 34.5. The van der Waals surface area contributed by atoms with Gasteiger partial charge in [0.1, 0.15) is 11.5 Å². The second-order valence-electron chi connectivity index (χ2n) is 3.88. The molecular weight excluding hydrogens is 286 g/mol. The van der Waals surface area contributed by atoms with Gasteiger partial charge in [0.2, 0.25) is 5.88 Å². The first-order chi connectivity index (χ1) is 9.67. The molecule has 0 fully saturated rings. The number of rotatable bonds is 7. The lowest BCUT2D eigenvalue weighted by Gasteiger charge is -2.04. The zero-order valence-corrected chi connectivity index (χ0v) is 11.6. The van der Waals surface area contributed by atoms with E-state index in [2.05, 4.69) is 10.3 Å². The highest BCUT2D eigenvalue weighted by molar-refractivity contribution is 7.98. The van der Waals surface area contributed by atoms with Gasteiger partial charge in [-0.15, -0.1) is 0 Å².